The highest BCUT2D eigenvalue weighted by Crippen LogP contribution is 2.17. The van der Waals surface area contributed by atoms with Crippen LogP contribution in [-0.4, -0.2) is 11.2 Å². The Morgan fingerprint density at radius 2 is 2.00 bits per heavy atom. The predicted octanol–water partition coefficient (Wildman–Crippen LogP) is 3.93. The van der Waals surface area contributed by atoms with Crippen molar-refractivity contribution in [1.29, 1.82) is 0 Å². The Balaban J connectivity index is 2.43. The van der Waals surface area contributed by atoms with Crippen molar-refractivity contribution in [3.8, 4) is 0 Å². The molecular formula is C13H18BrFO. The fraction of sp³-hybridized carbons (Fsp3) is 0.538. The van der Waals surface area contributed by atoms with Gasteiger partial charge in [-0.05, 0) is 48.9 Å². The van der Waals surface area contributed by atoms with Crippen molar-refractivity contribution in [1.82, 2.24) is 0 Å². The molecule has 0 fully saturated rings. The maximum Gasteiger partial charge on any atom is 0.124 e. The summed E-state index contributed by atoms with van der Waals surface area (Å²) in [4.78, 5) is 0. The maximum absolute atomic E-state index is 13.1. The summed E-state index contributed by atoms with van der Waals surface area (Å²) in [6.45, 7) is 4.01. The second kappa shape index (κ2) is 6.36. The van der Waals surface area contributed by atoms with E-state index in [0.717, 1.165) is 29.3 Å². The van der Waals surface area contributed by atoms with Crippen LogP contribution in [0.15, 0.2) is 22.7 Å². The first-order valence-electron chi connectivity index (χ1n) is 5.62. The Morgan fingerprint density at radius 3 is 2.56 bits per heavy atom. The number of rotatable bonds is 5. The molecule has 0 heterocycles. The van der Waals surface area contributed by atoms with Crippen molar-refractivity contribution in [2.45, 2.75) is 39.2 Å². The van der Waals surface area contributed by atoms with Crippen LogP contribution in [-0.2, 0) is 6.42 Å². The van der Waals surface area contributed by atoms with Crippen LogP contribution in [0.4, 0.5) is 4.39 Å². The molecule has 90 valence electrons. The summed E-state index contributed by atoms with van der Waals surface area (Å²) >= 11 is 3.27. The molecule has 16 heavy (non-hydrogen) atoms. The van der Waals surface area contributed by atoms with E-state index in [-0.39, 0.29) is 11.9 Å². The smallest absolute Gasteiger partial charge is 0.124 e. The quantitative estimate of drug-likeness (QED) is 0.870. The molecule has 0 aliphatic heterocycles. The van der Waals surface area contributed by atoms with Crippen molar-refractivity contribution in [3.63, 3.8) is 0 Å². The van der Waals surface area contributed by atoms with Gasteiger partial charge in [0.2, 0.25) is 0 Å². The maximum atomic E-state index is 13.1. The molecule has 0 spiro atoms. The van der Waals surface area contributed by atoms with Gasteiger partial charge in [0.05, 0.1) is 6.10 Å². The zero-order valence-corrected chi connectivity index (χ0v) is 11.3. The van der Waals surface area contributed by atoms with Crippen LogP contribution in [0.5, 0.6) is 0 Å². The first-order valence-corrected chi connectivity index (χ1v) is 6.41. The molecule has 1 N–H and O–H groups in total. The van der Waals surface area contributed by atoms with E-state index in [9.17, 15) is 9.50 Å². The van der Waals surface area contributed by atoms with Crippen LogP contribution >= 0.6 is 15.9 Å². The van der Waals surface area contributed by atoms with E-state index >= 15 is 0 Å². The largest absolute Gasteiger partial charge is 0.393 e. The van der Waals surface area contributed by atoms with Crippen molar-refractivity contribution in [2.24, 2.45) is 5.92 Å². The summed E-state index contributed by atoms with van der Waals surface area (Å²) in [5.74, 6) is 0.0769. The molecule has 1 rings (SSSR count). The average molecular weight is 289 g/mol. The standard InChI is InChI=1S/C13H18BrFO/c1-9(2)13(16)5-3-4-10-6-11(14)8-12(15)7-10/h6-9,13,16H,3-5H2,1-2H3. The van der Waals surface area contributed by atoms with Crippen LogP contribution in [0.2, 0.25) is 0 Å². The van der Waals surface area contributed by atoms with Crippen LogP contribution in [0.1, 0.15) is 32.3 Å². The third-order valence-electron chi connectivity index (χ3n) is 2.66. The molecule has 0 saturated carbocycles. The van der Waals surface area contributed by atoms with E-state index in [0.29, 0.717) is 5.92 Å². The van der Waals surface area contributed by atoms with Crippen LogP contribution in [0, 0.1) is 11.7 Å². The number of aryl methyl sites for hydroxylation is 1. The van der Waals surface area contributed by atoms with Gasteiger partial charge in [0.15, 0.2) is 0 Å². The lowest BCUT2D eigenvalue weighted by molar-refractivity contribution is 0.114. The summed E-state index contributed by atoms with van der Waals surface area (Å²) < 4.78 is 13.8. The van der Waals surface area contributed by atoms with E-state index < -0.39 is 0 Å². The lowest BCUT2D eigenvalue weighted by atomic mass is 9.99. The predicted molar refractivity (Wildman–Crippen MR) is 67.9 cm³/mol. The Kier molecular flexibility index (Phi) is 5.42. The van der Waals surface area contributed by atoms with Gasteiger partial charge in [-0.25, -0.2) is 4.39 Å². The van der Waals surface area contributed by atoms with Gasteiger partial charge >= 0.3 is 0 Å². The topological polar surface area (TPSA) is 20.2 Å². The molecule has 1 atom stereocenters. The second-order valence-corrected chi connectivity index (χ2v) is 5.40. The molecule has 0 radical (unpaired) electrons. The summed E-state index contributed by atoms with van der Waals surface area (Å²) in [5.41, 5.74) is 0.975. The van der Waals surface area contributed by atoms with Crippen molar-refractivity contribution in [2.75, 3.05) is 0 Å². The minimum absolute atomic E-state index is 0.214. The third kappa shape index (κ3) is 4.62. The molecule has 1 nitrogen and oxygen atoms in total. The average Bonchev–Trinajstić information content (AvgIpc) is 2.15. The van der Waals surface area contributed by atoms with E-state index in [1.165, 1.54) is 6.07 Å². The van der Waals surface area contributed by atoms with E-state index in [1.807, 2.05) is 19.9 Å². The highest BCUT2D eigenvalue weighted by atomic mass is 79.9. The van der Waals surface area contributed by atoms with Gasteiger partial charge in [0, 0.05) is 4.47 Å². The van der Waals surface area contributed by atoms with Crippen molar-refractivity contribution in [3.05, 3.63) is 34.1 Å². The summed E-state index contributed by atoms with van der Waals surface area (Å²) in [6.07, 6.45) is 2.21. The van der Waals surface area contributed by atoms with Gasteiger partial charge in [-0.1, -0.05) is 29.8 Å². The van der Waals surface area contributed by atoms with Gasteiger partial charge in [-0.2, -0.15) is 0 Å². The Hall–Kier alpha value is -0.410. The van der Waals surface area contributed by atoms with Crippen molar-refractivity contribution < 1.29 is 9.50 Å². The molecular weight excluding hydrogens is 271 g/mol. The lowest BCUT2D eigenvalue weighted by Crippen LogP contribution is -2.14. The third-order valence-corrected chi connectivity index (χ3v) is 3.12. The lowest BCUT2D eigenvalue weighted by Gasteiger charge is -2.13. The summed E-state index contributed by atoms with van der Waals surface area (Å²) in [5, 5.41) is 9.63. The Bertz CT molecular complexity index is 318. The molecule has 1 aromatic carbocycles. The van der Waals surface area contributed by atoms with Crippen LogP contribution in [0.25, 0.3) is 0 Å². The van der Waals surface area contributed by atoms with Gasteiger partial charge in [0.1, 0.15) is 5.82 Å². The molecule has 1 aromatic rings. The number of benzene rings is 1. The SMILES string of the molecule is CC(C)C(O)CCCc1cc(F)cc(Br)c1. The van der Waals surface area contributed by atoms with Crippen LogP contribution in [0.3, 0.4) is 0 Å². The molecule has 0 aromatic heterocycles. The molecule has 0 bridgehead atoms. The number of hydrogen-bond acceptors (Lipinski definition) is 1. The molecule has 0 amide bonds. The normalized spacial score (nSPS) is 13.1. The Morgan fingerprint density at radius 1 is 1.31 bits per heavy atom. The minimum Gasteiger partial charge on any atom is -0.393 e. The van der Waals surface area contributed by atoms with E-state index in [1.54, 1.807) is 6.07 Å². The summed E-state index contributed by atoms with van der Waals surface area (Å²) in [7, 11) is 0. The van der Waals surface area contributed by atoms with Gasteiger partial charge in [0.25, 0.3) is 0 Å². The number of aliphatic hydroxyl groups is 1. The fourth-order valence-electron chi connectivity index (χ4n) is 1.60. The highest BCUT2D eigenvalue weighted by Gasteiger charge is 2.08. The van der Waals surface area contributed by atoms with Gasteiger partial charge in [-0.15, -0.1) is 0 Å². The number of hydrogen-bond donors (Lipinski definition) is 1. The van der Waals surface area contributed by atoms with E-state index in [4.69, 9.17) is 0 Å². The first-order chi connectivity index (χ1) is 7.49. The van der Waals surface area contributed by atoms with Crippen molar-refractivity contribution >= 4 is 15.9 Å². The highest BCUT2D eigenvalue weighted by molar-refractivity contribution is 9.10. The molecule has 0 aliphatic carbocycles. The summed E-state index contributed by atoms with van der Waals surface area (Å²) in [6, 6.07) is 4.92. The zero-order chi connectivity index (χ0) is 12.1. The van der Waals surface area contributed by atoms with E-state index in [2.05, 4.69) is 15.9 Å². The monoisotopic (exact) mass is 288 g/mol. The molecule has 0 aliphatic rings. The first kappa shape index (κ1) is 13.7. The molecule has 3 heteroatoms. The van der Waals surface area contributed by atoms with Crippen LogP contribution < -0.4 is 0 Å². The number of aliphatic hydroxyl groups excluding tert-OH is 1. The molecule has 0 saturated heterocycles. The second-order valence-electron chi connectivity index (χ2n) is 4.48. The van der Waals surface area contributed by atoms with Gasteiger partial charge < -0.3 is 5.11 Å². The minimum atomic E-state index is -0.253. The zero-order valence-electron chi connectivity index (χ0n) is 9.71. The number of halogens is 2. The molecule has 1 unspecified atom stereocenters. The fourth-order valence-corrected chi connectivity index (χ4v) is 2.12. The Labute approximate surface area is 105 Å². The van der Waals surface area contributed by atoms with Gasteiger partial charge in [-0.3, -0.25) is 0 Å².